The lowest BCUT2D eigenvalue weighted by atomic mass is 10.0. The zero-order chi connectivity index (χ0) is 21.1. The predicted octanol–water partition coefficient (Wildman–Crippen LogP) is 6.59. The van der Waals surface area contributed by atoms with E-state index in [4.69, 9.17) is 4.98 Å². The SMILES string of the molecule is CCc1cccc(CC)c1NC(=O)c1cc(-c2ccc(C)cc2)nc2ccccc12. The van der Waals surface area contributed by atoms with E-state index < -0.39 is 0 Å². The molecule has 0 unspecified atom stereocenters. The molecule has 30 heavy (non-hydrogen) atoms. The first-order chi connectivity index (χ1) is 14.6. The van der Waals surface area contributed by atoms with Crippen LogP contribution in [-0.2, 0) is 12.8 Å². The molecule has 0 aliphatic heterocycles. The van der Waals surface area contributed by atoms with Crippen LogP contribution in [0.1, 0.15) is 40.9 Å². The Morgan fingerprint density at radius 1 is 0.867 bits per heavy atom. The summed E-state index contributed by atoms with van der Waals surface area (Å²) in [5, 5.41) is 4.07. The fourth-order valence-corrected chi connectivity index (χ4v) is 3.82. The molecule has 0 saturated carbocycles. The topological polar surface area (TPSA) is 42.0 Å². The van der Waals surface area contributed by atoms with Crippen molar-refractivity contribution in [3.8, 4) is 11.3 Å². The maximum Gasteiger partial charge on any atom is 0.256 e. The van der Waals surface area contributed by atoms with Crippen LogP contribution in [-0.4, -0.2) is 10.9 Å². The first-order valence-corrected chi connectivity index (χ1v) is 10.5. The van der Waals surface area contributed by atoms with E-state index in [9.17, 15) is 4.79 Å². The Labute approximate surface area is 177 Å². The van der Waals surface area contributed by atoms with E-state index in [1.165, 1.54) is 5.56 Å². The van der Waals surface area contributed by atoms with Gasteiger partial charge >= 0.3 is 0 Å². The maximum atomic E-state index is 13.5. The summed E-state index contributed by atoms with van der Waals surface area (Å²) in [6.07, 6.45) is 1.74. The summed E-state index contributed by atoms with van der Waals surface area (Å²) < 4.78 is 0. The number of fused-ring (bicyclic) bond motifs is 1. The van der Waals surface area contributed by atoms with Gasteiger partial charge in [-0.1, -0.05) is 80.1 Å². The number of hydrogen-bond acceptors (Lipinski definition) is 2. The van der Waals surface area contributed by atoms with Gasteiger partial charge in [0.05, 0.1) is 16.8 Å². The van der Waals surface area contributed by atoms with E-state index in [1.807, 2.05) is 30.3 Å². The minimum Gasteiger partial charge on any atom is -0.321 e. The number of nitrogens with one attached hydrogen (secondary N) is 1. The van der Waals surface area contributed by atoms with Gasteiger partial charge in [-0.2, -0.15) is 0 Å². The zero-order valence-corrected chi connectivity index (χ0v) is 17.7. The molecule has 1 heterocycles. The fraction of sp³-hybridized carbons (Fsp3) is 0.185. The van der Waals surface area contributed by atoms with Crippen molar-refractivity contribution < 1.29 is 4.79 Å². The summed E-state index contributed by atoms with van der Waals surface area (Å²) in [6, 6.07) is 24.2. The summed E-state index contributed by atoms with van der Waals surface area (Å²) in [5.41, 5.74) is 7.71. The van der Waals surface area contributed by atoms with E-state index in [0.717, 1.165) is 51.8 Å². The lowest BCUT2D eigenvalue weighted by Gasteiger charge is -2.16. The van der Waals surface area contributed by atoms with Crippen molar-refractivity contribution in [2.45, 2.75) is 33.6 Å². The Balaban J connectivity index is 1.82. The number of benzene rings is 3. The Kier molecular flexibility index (Phi) is 5.62. The van der Waals surface area contributed by atoms with Gasteiger partial charge in [-0.15, -0.1) is 0 Å². The number of nitrogens with zero attached hydrogens (tertiary/aromatic N) is 1. The number of pyridine rings is 1. The third-order valence-electron chi connectivity index (χ3n) is 5.55. The van der Waals surface area contributed by atoms with Crippen LogP contribution in [0.5, 0.6) is 0 Å². The molecule has 4 rings (SSSR count). The number of para-hydroxylation sites is 2. The standard InChI is InChI=1S/C27H26N2O/c1-4-19-9-8-10-20(5-2)26(19)29-27(30)23-17-25(21-15-13-18(3)14-16-21)28-24-12-7-6-11-22(23)24/h6-17H,4-5H2,1-3H3,(H,29,30). The Morgan fingerprint density at radius 2 is 1.53 bits per heavy atom. The summed E-state index contributed by atoms with van der Waals surface area (Å²) in [5.74, 6) is -0.0995. The molecule has 0 saturated heterocycles. The number of anilines is 1. The molecule has 0 bridgehead atoms. The molecule has 4 aromatic rings. The van der Waals surface area contributed by atoms with Gasteiger partial charge in [-0.3, -0.25) is 4.79 Å². The van der Waals surface area contributed by atoms with Crippen LogP contribution < -0.4 is 5.32 Å². The highest BCUT2D eigenvalue weighted by Gasteiger charge is 2.16. The van der Waals surface area contributed by atoms with Gasteiger partial charge < -0.3 is 5.32 Å². The van der Waals surface area contributed by atoms with Crippen molar-refractivity contribution in [1.82, 2.24) is 4.98 Å². The summed E-state index contributed by atoms with van der Waals surface area (Å²) >= 11 is 0. The average Bonchev–Trinajstić information content (AvgIpc) is 2.78. The molecule has 0 spiro atoms. The van der Waals surface area contributed by atoms with Gasteiger partial charge in [0.2, 0.25) is 0 Å². The van der Waals surface area contributed by atoms with Crippen LogP contribution in [0.2, 0.25) is 0 Å². The second kappa shape index (κ2) is 8.50. The predicted molar refractivity (Wildman–Crippen MR) is 125 cm³/mol. The van der Waals surface area contributed by atoms with Crippen molar-refractivity contribution in [2.75, 3.05) is 5.32 Å². The largest absolute Gasteiger partial charge is 0.321 e. The average molecular weight is 395 g/mol. The smallest absolute Gasteiger partial charge is 0.256 e. The zero-order valence-electron chi connectivity index (χ0n) is 17.7. The highest BCUT2D eigenvalue weighted by Crippen LogP contribution is 2.28. The molecular weight excluding hydrogens is 368 g/mol. The van der Waals surface area contributed by atoms with Crippen LogP contribution in [0.4, 0.5) is 5.69 Å². The Hall–Kier alpha value is -3.46. The van der Waals surface area contributed by atoms with E-state index in [0.29, 0.717) is 5.56 Å². The van der Waals surface area contributed by atoms with Crippen LogP contribution in [0.25, 0.3) is 22.2 Å². The van der Waals surface area contributed by atoms with Gasteiger partial charge in [0, 0.05) is 16.6 Å². The molecule has 0 radical (unpaired) electrons. The van der Waals surface area contributed by atoms with E-state index in [1.54, 1.807) is 0 Å². The van der Waals surface area contributed by atoms with E-state index >= 15 is 0 Å². The fourth-order valence-electron chi connectivity index (χ4n) is 3.82. The Bertz CT molecular complexity index is 1190. The second-order valence-electron chi connectivity index (χ2n) is 7.55. The molecule has 0 atom stereocenters. The van der Waals surface area contributed by atoms with Gasteiger partial charge in [-0.25, -0.2) is 4.98 Å². The van der Waals surface area contributed by atoms with Gasteiger partial charge in [0.25, 0.3) is 5.91 Å². The third kappa shape index (κ3) is 3.84. The van der Waals surface area contributed by atoms with E-state index in [2.05, 4.69) is 68.6 Å². The van der Waals surface area contributed by atoms with Crippen LogP contribution in [0.3, 0.4) is 0 Å². The normalized spacial score (nSPS) is 10.9. The second-order valence-corrected chi connectivity index (χ2v) is 7.55. The van der Waals surface area contributed by atoms with Crippen molar-refractivity contribution in [1.29, 1.82) is 0 Å². The molecule has 3 nitrogen and oxygen atoms in total. The highest BCUT2D eigenvalue weighted by molar-refractivity contribution is 6.13. The van der Waals surface area contributed by atoms with Crippen molar-refractivity contribution in [3.63, 3.8) is 0 Å². The number of carbonyl (C=O) groups is 1. The molecule has 150 valence electrons. The minimum atomic E-state index is -0.0995. The molecule has 0 fully saturated rings. The number of hydrogen-bond donors (Lipinski definition) is 1. The maximum absolute atomic E-state index is 13.5. The highest BCUT2D eigenvalue weighted by atomic mass is 16.1. The molecular formula is C27H26N2O. The lowest BCUT2D eigenvalue weighted by Crippen LogP contribution is -2.16. The first-order valence-electron chi connectivity index (χ1n) is 10.5. The monoisotopic (exact) mass is 394 g/mol. The summed E-state index contributed by atoms with van der Waals surface area (Å²) in [6.45, 7) is 6.29. The van der Waals surface area contributed by atoms with Crippen LogP contribution in [0, 0.1) is 6.92 Å². The summed E-state index contributed by atoms with van der Waals surface area (Å²) in [7, 11) is 0. The van der Waals surface area contributed by atoms with E-state index in [-0.39, 0.29) is 5.91 Å². The Morgan fingerprint density at radius 3 is 2.20 bits per heavy atom. The third-order valence-corrected chi connectivity index (χ3v) is 5.55. The summed E-state index contributed by atoms with van der Waals surface area (Å²) in [4.78, 5) is 18.3. The molecule has 3 aromatic carbocycles. The quantitative estimate of drug-likeness (QED) is 0.415. The van der Waals surface area contributed by atoms with Crippen LogP contribution >= 0.6 is 0 Å². The molecule has 3 heteroatoms. The number of amides is 1. The van der Waals surface area contributed by atoms with Crippen molar-refractivity contribution in [2.24, 2.45) is 0 Å². The molecule has 1 aromatic heterocycles. The number of carbonyl (C=O) groups excluding carboxylic acids is 1. The van der Waals surface area contributed by atoms with Gasteiger partial charge in [-0.05, 0) is 43.0 Å². The van der Waals surface area contributed by atoms with Crippen LogP contribution in [0.15, 0.2) is 72.8 Å². The number of aryl methyl sites for hydroxylation is 3. The van der Waals surface area contributed by atoms with Gasteiger partial charge in [0.1, 0.15) is 0 Å². The molecule has 1 N–H and O–H groups in total. The molecule has 0 aliphatic rings. The number of rotatable bonds is 5. The van der Waals surface area contributed by atoms with Crippen molar-refractivity contribution >= 4 is 22.5 Å². The minimum absolute atomic E-state index is 0.0995. The lowest BCUT2D eigenvalue weighted by molar-refractivity contribution is 0.102. The van der Waals surface area contributed by atoms with Crippen molar-refractivity contribution in [3.05, 3.63) is 95.1 Å². The van der Waals surface area contributed by atoms with Gasteiger partial charge in [0.15, 0.2) is 0 Å². The number of aromatic nitrogens is 1. The molecule has 1 amide bonds. The molecule has 0 aliphatic carbocycles. The first kappa shape index (κ1) is 19.8.